The van der Waals surface area contributed by atoms with Gasteiger partial charge in [-0.25, -0.2) is 4.98 Å². The van der Waals surface area contributed by atoms with E-state index in [4.69, 9.17) is 0 Å². The predicted molar refractivity (Wildman–Crippen MR) is 125 cm³/mol. The number of piperazine rings is 1. The van der Waals surface area contributed by atoms with E-state index in [1.807, 2.05) is 18.9 Å². The zero-order valence-electron chi connectivity index (χ0n) is 20.5. The van der Waals surface area contributed by atoms with Gasteiger partial charge < -0.3 is 19.7 Å². The fourth-order valence-electron chi connectivity index (χ4n) is 4.37. The number of likely N-dealkylation sites (tertiary alicyclic amines) is 1. The Morgan fingerprint density at radius 2 is 1.87 bits per heavy atom. The van der Waals surface area contributed by atoms with Crippen LogP contribution in [0.15, 0.2) is 6.20 Å². The number of carbonyl (C=O) groups excluding carboxylic acids is 2. The largest absolute Gasteiger partial charge is 0.341 e. The minimum absolute atomic E-state index is 0.0772. The maximum atomic E-state index is 12.8. The molecule has 0 aliphatic carbocycles. The summed E-state index contributed by atoms with van der Waals surface area (Å²) in [4.78, 5) is 33.7. The Morgan fingerprint density at radius 3 is 2.42 bits per heavy atom. The van der Waals surface area contributed by atoms with Crippen molar-refractivity contribution in [3.8, 4) is 0 Å². The minimum Gasteiger partial charge on any atom is -0.341 e. The third-order valence-corrected chi connectivity index (χ3v) is 5.95. The van der Waals surface area contributed by atoms with Crippen molar-refractivity contribution in [3.63, 3.8) is 0 Å². The maximum Gasteiger partial charge on any atom is 0.242 e. The highest BCUT2D eigenvalue weighted by Gasteiger charge is 2.32. The van der Waals surface area contributed by atoms with Crippen molar-refractivity contribution in [3.05, 3.63) is 17.7 Å². The molecule has 7 heteroatoms. The Balaban J connectivity index is 0.00000107. The molecule has 1 atom stereocenters. The number of aryl methyl sites for hydroxylation is 2. The van der Waals surface area contributed by atoms with E-state index in [1.165, 1.54) is 6.42 Å². The molecule has 2 amide bonds. The average molecular weight is 434 g/mol. The Hall–Kier alpha value is -1.89. The van der Waals surface area contributed by atoms with Gasteiger partial charge in [0.1, 0.15) is 5.82 Å². The molecular weight excluding hydrogens is 390 g/mol. The van der Waals surface area contributed by atoms with E-state index in [-0.39, 0.29) is 24.4 Å². The number of nitrogens with zero attached hydrogens (tertiary/aromatic N) is 4. The van der Waals surface area contributed by atoms with Gasteiger partial charge in [0, 0.05) is 45.8 Å². The second-order valence-electron chi connectivity index (χ2n) is 9.54. The van der Waals surface area contributed by atoms with E-state index >= 15 is 0 Å². The number of carbonyl (C=O) groups is 2. The van der Waals surface area contributed by atoms with E-state index < -0.39 is 0 Å². The van der Waals surface area contributed by atoms with Gasteiger partial charge in [0.15, 0.2) is 0 Å². The summed E-state index contributed by atoms with van der Waals surface area (Å²) in [7, 11) is 2.05. The van der Waals surface area contributed by atoms with Crippen molar-refractivity contribution in [1.82, 2.24) is 24.7 Å². The van der Waals surface area contributed by atoms with Crippen LogP contribution in [-0.4, -0.2) is 69.9 Å². The lowest BCUT2D eigenvalue weighted by molar-refractivity contribution is -0.144. The fraction of sp³-hybridized carbons (Fsp3) is 0.792. The van der Waals surface area contributed by atoms with Crippen LogP contribution in [0.2, 0.25) is 0 Å². The molecule has 31 heavy (non-hydrogen) atoms. The van der Waals surface area contributed by atoms with Crippen molar-refractivity contribution in [2.24, 2.45) is 18.9 Å². The summed E-state index contributed by atoms with van der Waals surface area (Å²) in [6, 6.07) is -0.145. The highest BCUT2D eigenvalue weighted by atomic mass is 16.2. The maximum absolute atomic E-state index is 12.8. The zero-order valence-corrected chi connectivity index (χ0v) is 20.5. The summed E-state index contributed by atoms with van der Waals surface area (Å²) >= 11 is 0. The first-order valence-corrected chi connectivity index (χ1v) is 12.0. The van der Waals surface area contributed by atoms with Gasteiger partial charge in [-0.05, 0) is 38.0 Å². The SMILES string of the molecule is CCC.Cc1cn(C)c(CC2CCN(C(=O)CN3CCN[C@@H](CC(C)C)C3=O)CC2)n1. The predicted octanol–water partition coefficient (Wildman–Crippen LogP) is 2.77. The first kappa shape index (κ1) is 25.4. The molecule has 2 aliphatic heterocycles. The number of hydrogen-bond acceptors (Lipinski definition) is 4. The van der Waals surface area contributed by atoms with Crippen LogP contribution in [0.4, 0.5) is 0 Å². The number of imidazole rings is 1. The van der Waals surface area contributed by atoms with Gasteiger partial charge in [-0.15, -0.1) is 0 Å². The van der Waals surface area contributed by atoms with Crippen LogP contribution in [0.3, 0.4) is 0 Å². The minimum atomic E-state index is -0.145. The Bertz CT molecular complexity index is 707. The monoisotopic (exact) mass is 433 g/mol. The molecule has 3 rings (SSSR count). The van der Waals surface area contributed by atoms with E-state index in [2.05, 4.69) is 48.8 Å². The van der Waals surface area contributed by atoms with Crippen LogP contribution in [-0.2, 0) is 23.1 Å². The Labute approximate surface area is 188 Å². The molecule has 2 saturated heterocycles. The molecule has 1 aromatic heterocycles. The third kappa shape index (κ3) is 7.63. The van der Waals surface area contributed by atoms with Crippen LogP contribution in [0, 0.1) is 18.8 Å². The quantitative estimate of drug-likeness (QED) is 0.749. The van der Waals surface area contributed by atoms with Gasteiger partial charge in [-0.1, -0.05) is 34.1 Å². The van der Waals surface area contributed by atoms with E-state index in [1.54, 1.807) is 4.90 Å². The number of amides is 2. The third-order valence-electron chi connectivity index (χ3n) is 5.95. The van der Waals surface area contributed by atoms with Gasteiger partial charge >= 0.3 is 0 Å². The number of aromatic nitrogens is 2. The van der Waals surface area contributed by atoms with Crippen molar-refractivity contribution < 1.29 is 9.59 Å². The Morgan fingerprint density at radius 1 is 1.23 bits per heavy atom. The molecule has 3 heterocycles. The summed E-state index contributed by atoms with van der Waals surface area (Å²) < 4.78 is 2.11. The summed E-state index contributed by atoms with van der Waals surface area (Å²) in [5.41, 5.74) is 1.06. The lowest BCUT2D eigenvalue weighted by Gasteiger charge is -2.36. The molecule has 0 bridgehead atoms. The van der Waals surface area contributed by atoms with Gasteiger partial charge in [0.25, 0.3) is 0 Å². The highest BCUT2D eigenvalue weighted by Crippen LogP contribution is 2.22. The molecule has 0 unspecified atom stereocenters. The molecule has 1 aromatic rings. The summed E-state index contributed by atoms with van der Waals surface area (Å²) in [6.07, 6.45) is 7.11. The highest BCUT2D eigenvalue weighted by molar-refractivity contribution is 5.88. The topological polar surface area (TPSA) is 70.5 Å². The van der Waals surface area contributed by atoms with Crippen LogP contribution in [0.5, 0.6) is 0 Å². The van der Waals surface area contributed by atoms with Crippen molar-refractivity contribution in [2.75, 3.05) is 32.7 Å². The Kier molecular flexibility index (Phi) is 10.0. The number of piperidine rings is 1. The van der Waals surface area contributed by atoms with Crippen LogP contribution in [0.25, 0.3) is 0 Å². The summed E-state index contributed by atoms with van der Waals surface area (Å²) in [5, 5.41) is 3.29. The van der Waals surface area contributed by atoms with Crippen molar-refractivity contribution >= 4 is 11.8 Å². The molecule has 2 aliphatic rings. The van der Waals surface area contributed by atoms with Crippen molar-refractivity contribution in [2.45, 2.75) is 72.8 Å². The average Bonchev–Trinajstić information content (AvgIpc) is 3.02. The molecule has 0 aromatic carbocycles. The second kappa shape index (κ2) is 12.2. The number of nitrogens with one attached hydrogen (secondary N) is 1. The van der Waals surface area contributed by atoms with Crippen molar-refractivity contribution in [1.29, 1.82) is 0 Å². The lowest BCUT2D eigenvalue weighted by Crippen LogP contribution is -2.57. The zero-order chi connectivity index (χ0) is 23.0. The molecule has 0 radical (unpaired) electrons. The summed E-state index contributed by atoms with van der Waals surface area (Å²) in [5.74, 6) is 2.32. The van der Waals surface area contributed by atoms with Gasteiger partial charge in [0.05, 0.1) is 18.3 Å². The summed E-state index contributed by atoms with van der Waals surface area (Å²) in [6.45, 7) is 13.7. The van der Waals surface area contributed by atoms with Crippen LogP contribution in [0.1, 0.15) is 64.9 Å². The van der Waals surface area contributed by atoms with E-state index in [9.17, 15) is 9.59 Å². The van der Waals surface area contributed by atoms with Crippen LogP contribution >= 0.6 is 0 Å². The number of hydrogen-bond donors (Lipinski definition) is 1. The molecule has 1 N–H and O–H groups in total. The smallest absolute Gasteiger partial charge is 0.242 e. The molecule has 0 spiro atoms. The fourth-order valence-corrected chi connectivity index (χ4v) is 4.37. The van der Waals surface area contributed by atoms with Gasteiger partial charge in [-0.3, -0.25) is 9.59 Å². The first-order valence-electron chi connectivity index (χ1n) is 12.0. The standard InChI is InChI=1S/C21H35N5O2.C3H8/c1-15(2)11-18-21(28)26(10-7-22-18)14-20(27)25-8-5-17(6-9-25)12-19-23-16(3)13-24(19)4;1-3-2/h13,15,17-18,22H,5-12,14H2,1-4H3;3H2,1-2H3/t18-;/m0./s1. The van der Waals surface area contributed by atoms with E-state index in [0.29, 0.717) is 18.4 Å². The molecular formula is C24H43N5O2. The first-order chi connectivity index (χ1) is 14.7. The van der Waals surface area contributed by atoms with Gasteiger partial charge in [0.2, 0.25) is 11.8 Å². The van der Waals surface area contributed by atoms with E-state index in [0.717, 1.165) is 56.8 Å². The van der Waals surface area contributed by atoms with Crippen LogP contribution < -0.4 is 5.32 Å². The molecule has 7 nitrogen and oxygen atoms in total. The molecule has 0 saturated carbocycles. The molecule has 176 valence electrons. The lowest BCUT2D eigenvalue weighted by atomic mass is 9.93. The second-order valence-corrected chi connectivity index (χ2v) is 9.54. The van der Waals surface area contributed by atoms with Gasteiger partial charge in [-0.2, -0.15) is 0 Å². The molecule has 2 fully saturated rings. The normalized spacial score (nSPS) is 20.1. The number of rotatable bonds is 6.